The fourth-order valence-corrected chi connectivity index (χ4v) is 4.64. The molecule has 30 heavy (non-hydrogen) atoms. The number of likely N-dealkylation sites (tertiary alicyclic amines) is 1. The molecule has 5 nitrogen and oxygen atoms in total. The molecular formula is C24H41N3O2S. The maximum absolute atomic E-state index is 12.7. The Morgan fingerprint density at radius 2 is 1.90 bits per heavy atom. The molecule has 1 aromatic rings. The molecule has 0 aromatic carbocycles. The van der Waals surface area contributed by atoms with Gasteiger partial charge in [0.1, 0.15) is 5.60 Å². The van der Waals surface area contributed by atoms with Crippen molar-refractivity contribution in [3.8, 4) is 0 Å². The quantitative estimate of drug-likeness (QED) is 0.543. The fourth-order valence-electron chi connectivity index (χ4n) is 3.90. The molecule has 0 saturated carbocycles. The number of amides is 1. The highest BCUT2D eigenvalue weighted by Gasteiger charge is 2.43. The number of hydrogen-bond donors (Lipinski definition) is 1. The lowest BCUT2D eigenvalue weighted by Gasteiger charge is -2.34. The van der Waals surface area contributed by atoms with Crippen LogP contribution in [0.5, 0.6) is 0 Å². The minimum absolute atomic E-state index is 0.110. The van der Waals surface area contributed by atoms with E-state index in [0.717, 1.165) is 31.5 Å². The molecule has 2 unspecified atom stereocenters. The van der Waals surface area contributed by atoms with E-state index in [1.165, 1.54) is 0 Å². The van der Waals surface area contributed by atoms with Crippen molar-refractivity contribution in [1.29, 1.82) is 0 Å². The summed E-state index contributed by atoms with van der Waals surface area (Å²) < 4.78 is 9.48. The van der Waals surface area contributed by atoms with Crippen molar-refractivity contribution in [1.82, 2.24) is 14.6 Å². The van der Waals surface area contributed by atoms with Gasteiger partial charge in [0, 0.05) is 23.0 Å². The maximum atomic E-state index is 12.7. The van der Waals surface area contributed by atoms with E-state index in [1.54, 1.807) is 11.9 Å². The molecule has 0 radical (unpaired) electrons. The summed E-state index contributed by atoms with van der Waals surface area (Å²) in [5.74, 6) is 0.442. The molecule has 2 rings (SSSR count). The molecule has 0 aliphatic carbocycles. The Labute approximate surface area is 187 Å². The zero-order valence-electron chi connectivity index (χ0n) is 20.3. The Balaban J connectivity index is 2.09. The van der Waals surface area contributed by atoms with E-state index in [2.05, 4.69) is 57.3 Å². The number of pyridine rings is 1. The smallest absolute Gasteiger partial charge is 0.410 e. The molecule has 170 valence electrons. The summed E-state index contributed by atoms with van der Waals surface area (Å²) in [4.78, 5) is 19.3. The molecule has 6 heteroatoms. The van der Waals surface area contributed by atoms with Gasteiger partial charge >= 0.3 is 6.09 Å². The van der Waals surface area contributed by atoms with Crippen LogP contribution in [-0.4, -0.2) is 38.4 Å². The highest BCUT2D eigenvalue weighted by Crippen LogP contribution is 2.39. The Hall–Kier alpha value is -1.27. The van der Waals surface area contributed by atoms with Crippen LogP contribution in [0.2, 0.25) is 0 Å². The molecule has 0 spiro atoms. The Morgan fingerprint density at radius 3 is 2.43 bits per heavy atom. The van der Waals surface area contributed by atoms with Gasteiger partial charge in [-0.05, 0) is 99.6 Å². The van der Waals surface area contributed by atoms with Gasteiger partial charge in [-0.2, -0.15) is 0 Å². The number of ether oxygens (including phenoxy) is 1. The molecular weight excluding hydrogens is 394 g/mol. The second kappa shape index (κ2) is 9.07. The van der Waals surface area contributed by atoms with Crippen molar-refractivity contribution in [3.05, 3.63) is 30.1 Å². The normalized spacial score (nSPS) is 21.4. The van der Waals surface area contributed by atoms with Gasteiger partial charge in [-0.3, -0.25) is 9.71 Å². The van der Waals surface area contributed by atoms with Crippen LogP contribution in [0.15, 0.2) is 24.4 Å². The number of hydrogen-bond acceptors (Lipinski definition) is 5. The minimum atomic E-state index is -0.475. The monoisotopic (exact) mass is 435 g/mol. The van der Waals surface area contributed by atoms with Crippen LogP contribution in [0.25, 0.3) is 0 Å². The van der Waals surface area contributed by atoms with Crippen LogP contribution in [0, 0.1) is 5.92 Å². The minimum Gasteiger partial charge on any atom is -0.444 e. The third kappa shape index (κ3) is 7.16. The molecule has 1 saturated heterocycles. The lowest BCUT2D eigenvalue weighted by Crippen LogP contribution is -2.45. The highest BCUT2D eigenvalue weighted by atomic mass is 32.2. The summed E-state index contributed by atoms with van der Waals surface area (Å²) in [6.07, 6.45) is 4.62. The van der Waals surface area contributed by atoms with E-state index in [4.69, 9.17) is 4.74 Å². The number of carbonyl (C=O) groups excluding carboxylic acids is 1. The SMILES string of the molecule is CC(C)(C)OC(=O)N1CC(CCC(C)(NSC(C)(C)C)c2ccccn2)CC1(C)C. The topological polar surface area (TPSA) is 54.5 Å². The summed E-state index contributed by atoms with van der Waals surface area (Å²) in [6, 6.07) is 6.10. The molecule has 1 fully saturated rings. The number of rotatable bonds is 6. The van der Waals surface area contributed by atoms with E-state index in [-0.39, 0.29) is 21.9 Å². The van der Waals surface area contributed by atoms with Crippen LogP contribution >= 0.6 is 11.9 Å². The summed E-state index contributed by atoms with van der Waals surface area (Å²) in [6.45, 7) is 19.6. The first-order chi connectivity index (χ1) is 13.6. The van der Waals surface area contributed by atoms with Crippen molar-refractivity contribution in [2.75, 3.05) is 6.54 Å². The third-order valence-electron chi connectivity index (χ3n) is 5.44. The largest absolute Gasteiger partial charge is 0.444 e. The molecule has 1 aliphatic heterocycles. The second-order valence-electron chi connectivity index (χ2n) is 11.4. The van der Waals surface area contributed by atoms with Crippen molar-refractivity contribution in [2.24, 2.45) is 5.92 Å². The summed E-state index contributed by atoms with van der Waals surface area (Å²) in [5.41, 5.74) is 0.157. The van der Waals surface area contributed by atoms with Crippen LogP contribution in [0.4, 0.5) is 4.79 Å². The van der Waals surface area contributed by atoms with Gasteiger partial charge in [-0.15, -0.1) is 0 Å². The van der Waals surface area contributed by atoms with Crippen molar-refractivity contribution in [2.45, 2.75) is 103 Å². The molecule has 0 bridgehead atoms. The molecule has 1 aromatic heterocycles. The Bertz CT molecular complexity index is 709. The molecule has 1 aliphatic rings. The van der Waals surface area contributed by atoms with E-state index >= 15 is 0 Å². The van der Waals surface area contributed by atoms with Gasteiger partial charge < -0.3 is 9.64 Å². The number of nitrogens with zero attached hydrogens (tertiary/aromatic N) is 2. The average Bonchev–Trinajstić information content (AvgIpc) is 2.92. The standard InChI is InChI=1S/C24H41N3O2S/c1-21(2,3)29-20(28)27-17-18(16-23(27,7)8)13-14-24(9,26-30-22(4,5)6)19-12-10-11-15-25-19/h10-12,15,18,26H,13-14,16-17H2,1-9H3. The lowest BCUT2D eigenvalue weighted by molar-refractivity contribution is 0.0130. The first kappa shape index (κ1) is 25.0. The molecule has 1 amide bonds. The fraction of sp³-hybridized carbons (Fsp3) is 0.750. The average molecular weight is 436 g/mol. The van der Waals surface area contributed by atoms with E-state index in [1.807, 2.05) is 44.0 Å². The van der Waals surface area contributed by atoms with Crippen molar-refractivity contribution < 1.29 is 9.53 Å². The second-order valence-corrected chi connectivity index (χ2v) is 13.0. The third-order valence-corrected chi connectivity index (χ3v) is 6.60. The number of nitrogens with one attached hydrogen (secondary N) is 1. The first-order valence-corrected chi connectivity index (χ1v) is 11.8. The van der Waals surface area contributed by atoms with Crippen molar-refractivity contribution >= 4 is 18.0 Å². The van der Waals surface area contributed by atoms with Crippen LogP contribution in [0.1, 0.15) is 87.3 Å². The Kier molecular flexibility index (Phi) is 7.56. The van der Waals surface area contributed by atoms with E-state index in [9.17, 15) is 4.79 Å². The van der Waals surface area contributed by atoms with E-state index < -0.39 is 5.60 Å². The predicted octanol–water partition coefficient (Wildman–Crippen LogP) is 6.15. The van der Waals surface area contributed by atoms with Crippen LogP contribution in [0.3, 0.4) is 0 Å². The molecule has 2 heterocycles. The Morgan fingerprint density at radius 1 is 1.23 bits per heavy atom. The van der Waals surface area contributed by atoms with Gasteiger partial charge in [0.05, 0.1) is 11.2 Å². The van der Waals surface area contributed by atoms with Gasteiger partial charge in [0.2, 0.25) is 0 Å². The van der Waals surface area contributed by atoms with Gasteiger partial charge in [0.25, 0.3) is 0 Å². The van der Waals surface area contributed by atoms with Gasteiger partial charge in [-0.25, -0.2) is 4.79 Å². The maximum Gasteiger partial charge on any atom is 0.410 e. The number of aromatic nitrogens is 1. The predicted molar refractivity (Wildman–Crippen MR) is 126 cm³/mol. The summed E-state index contributed by atoms with van der Waals surface area (Å²) in [5, 5.41) is 0. The van der Waals surface area contributed by atoms with Gasteiger partial charge in [0.15, 0.2) is 0 Å². The summed E-state index contributed by atoms with van der Waals surface area (Å²) >= 11 is 1.75. The zero-order chi connectivity index (χ0) is 22.8. The van der Waals surface area contributed by atoms with E-state index in [0.29, 0.717) is 5.92 Å². The zero-order valence-corrected chi connectivity index (χ0v) is 21.2. The highest BCUT2D eigenvalue weighted by molar-refractivity contribution is 7.98. The molecule has 1 N–H and O–H groups in total. The number of carbonyl (C=O) groups is 1. The molecule has 2 atom stereocenters. The lowest BCUT2D eigenvalue weighted by atomic mass is 9.86. The van der Waals surface area contributed by atoms with Gasteiger partial charge in [-0.1, -0.05) is 18.0 Å². The van der Waals surface area contributed by atoms with Crippen LogP contribution < -0.4 is 4.72 Å². The summed E-state index contributed by atoms with van der Waals surface area (Å²) in [7, 11) is 0. The first-order valence-electron chi connectivity index (χ1n) is 11.0. The van der Waals surface area contributed by atoms with Crippen molar-refractivity contribution in [3.63, 3.8) is 0 Å². The van der Waals surface area contributed by atoms with Crippen LogP contribution in [-0.2, 0) is 10.3 Å².